The minimum absolute atomic E-state index is 0.00949. The van der Waals surface area contributed by atoms with E-state index in [1.54, 1.807) is 18.2 Å². The first kappa shape index (κ1) is 16.8. The lowest BCUT2D eigenvalue weighted by molar-refractivity contribution is -0.142. The van der Waals surface area contributed by atoms with Crippen LogP contribution in [-0.4, -0.2) is 49.0 Å². The van der Waals surface area contributed by atoms with Gasteiger partial charge >= 0.3 is 5.97 Å². The van der Waals surface area contributed by atoms with Gasteiger partial charge in [0.25, 0.3) is 0 Å². The summed E-state index contributed by atoms with van der Waals surface area (Å²) >= 11 is 0. The fraction of sp³-hybridized carbons (Fsp3) is 0.429. The number of benzene rings is 1. The fourth-order valence-corrected chi connectivity index (χ4v) is 1.81. The molecule has 0 saturated heterocycles. The molecule has 1 aromatic rings. The number of ether oxygens (including phenoxy) is 2. The van der Waals surface area contributed by atoms with Crippen molar-refractivity contribution in [3.05, 3.63) is 23.8 Å². The Bertz CT molecular complexity index is 502. The van der Waals surface area contributed by atoms with Crippen LogP contribution in [0, 0.1) is 0 Å². The van der Waals surface area contributed by atoms with Gasteiger partial charge in [0.2, 0.25) is 5.91 Å². The lowest BCUT2D eigenvalue weighted by atomic mass is 10.1. The Morgan fingerprint density at radius 2 is 1.90 bits per heavy atom. The van der Waals surface area contributed by atoms with E-state index in [0.29, 0.717) is 17.1 Å². The molecule has 21 heavy (non-hydrogen) atoms. The van der Waals surface area contributed by atoms with E-state index in [0.717, 1.165) is 0 Å². The number of nitrogens with one attached hydrogen (secondary N) is 1. The number of hydrogen-bond donors (Lipinski definition) is 3. The Morgan fingerprint density at radius 1 is 1.24 bits per heavy atom. The minimum Gasteiger partial charge on any atom is -0.493 e. The highest BCUT2D eigenvalue weighted by atomic mass is 16.5. The van der Waals surface area contributed by atoms with Crippen LogP contribution in [0.25, 0.3) is 0 Å². The van der Waals surface area contributed by atoms with Crippen LogP contribution in [-0.2, 0) is 16.0 Å². The molecule has 0 aromatic heterocycles. The monoisotopic (exact) mass is 297 g/mol. The number of aliphatic hydroxyl groups is 1. The highest BCUT2D eigenvalue weighted by Crippen LogP contribution is 2.27. The molecule has 1 unspecified atom stereocenters. The van der Waals surface area contributed by atoms with Crippen molar-refractivity contribution >= 4 is 11.9 Å². The smallest absolute Gasteiger partial charge is 0.326 e. The average Bonchev–Trinajstić information content (AvgIpc) is 2.46. The van der Waals surface area contributed by atoms with E-state index in [-0.39, 0.29) is 19.4 Å². The number of amides is 1. The van der Waals surface area contributed by atoms with Gasteiger partial charge in [-0.15, -0.1) is 0 Å². The van der Waals surface area contributed by atoms with Gasteiger partial charge in [0.15, 0.2) is 11.5 Å². The van der Waals surface area contributed by atoms with Crippen molar-refractivity contribution < 1.29 is 29.3 Å². The van der Waals surface area contributed by atoms with Crippen LogP contribution in [0.1, 0.15) is 12.0 Å². The summed E-state index contributed by atoms with van der Waals surface area (Å²) < 4.78 is 10.2. The molecule has 1 aromatic carbocycles. The molecule has 0 aliphatic rings. The maximum Gasteiger partial charge on any atom is 0.326 e. The first-order chi connectivity index (χ1) is 10.0. The van der Waals surface area contributed by atoms with Gasteiger partial charge in [0.1, 0.15) is 6.04 Å². The quantitative estimate of drug-likeness (QED) is 0.633. The van der Waals surface area contributed by atoms with Crippen LogP contribution in [0.15, 0.2) is 18.2 Å². The Balaban J connectivity index is 2.72. The van der Waals surface area contributed by atoms with E-state index >= 15 is 0 Å². The van der Waals surface area contributed by atoms with Gasteiger partial charge in [0, 0.05) is 13.0 Å². The summed E-state index contributed by atoms with van der Waals surface area (Å²) in [5.74, 6) is -0.578. The van der Waals surface area contributed by atoms with Crippen molar-refractivity contribution in [1.82, 2.24) is 5.32 Å². The Kier molecular flexibility index (Phi) is 6.48. The van der Waals surface area contributed by atoms with Gasteiger partial charge in [-0.1, -0.05) is 6.07 Å². The molecular formula is C14H19NO6. The molecule has 7 heteroatoms. The molecular weight excluding hydrogens is 278 g/mol. The fourth-order valence-electron chi connectivity index (χ4n) is 1.81. The maximum atomic E-state index is 11.8. The second-order valence-electron chi connectivity index (χ2n) is 4.34. The van der Waals surface area contributed by atoms with Crippen molar-refractivity contribution in [1.29, 1.82) is 0 Å². The first-order valence-electron chi connectivity index (χ1n) is 6.35. The molecule has 3 N–H and O–H groups in total. The molecule has 0 fully saturated rings. The van der Waals surface area contributed by atoms with E-state index in [9.17, 15) is 9.59 Å². The number of hydrogen-bond acceptors (Lipinski definition) is 5. The summed E-state index contributed by atoms with van der Waals surface area (Å²) in [7, 11) is 3.00. The molecule has 0 bridgehead atoms. The topological polar surface area (TPSA) is 105 Å². The van der Waals surface area contributed by atoms with E-state index in [4.69, 9.17) is 19.7 Å². The van der Waals surface area contributed by atoms with Gasteiger partial charge < -0.3 is 25.0 Å². The zero-order chi connectivity index (χ0) is 15.8. The van der Waals surface area contributed by atoms with Crippen LogP contribution >= 0.6 is 0 Å². The lowest BCUT2D eigenvalue weighted by Crippen LogP contribution is -2.42. The second-order valence-corrected chi connectivity index (χ2v) is 4.34. The maximum absolute atomic E-state index is 11.8. The highest BCUT2D eigenvalue weighted by Gasteiger charge is 2.19. The molecule has 1 rings (SSSR count). The van der Waals surface area contributed by atoms with Crippen molar-refractivity contribution in [3.63, 3.8) is 0 Å². The number of aliphatic hydroxyl groups excluding tert-OH is 1. The Morgan fingerprint density at radius 3 is 2.43 bits per heavy atom. The predicted molar refractivity (Wildman–Crippen MR) is 74.5 cm³/mol. The van der Waals surface area contributed by atoms with Crippen LogP contribution in [0.4, 0.5) is 0 Å². The van der Waals surface area contributed by atoms with Crippen molar-refractivity contribution in [2.24, 2.45) is 0 Å². The van der Waals surface area contributed by atoms with Gasteiger partial charge in [-0.05, 0) is 17.7 Å². The second kappa shape index (κ2) is 8.11. The standard InChI is InChI=1S/C14H19NO6/c1-20-11-4-3-9(7-12(11)21-2)8-13(17)15-10(5-6-16)14(18)19/h3-4,7,10,16H,5-6,8H2,1-2H3,(H,15,17)(H,18,19). The number of methoxy groups -OCH3 is 2. The molecule has 0 aliphatic carbocycles. The third-order valence-corrected chi connectivity index (χ3v) is 2.86. The van der Waals surface area contributed by atoms with Gasteiger partial charge in [-0.2, -0.15) is 0 Å². The van der Waals surface area contributed by atoms with Crippen molar-refractivity contribution in [3.8, 4) is 11.5 Å². The van der Waals surface area contributed by atoms with Gasteiger partial charge in [-0.3, -0.25) is 4.79 Å². The van der Waals surface area contributed by atoms with E-state index < -0.39 is 17.9 Å². The predicted octanol–water partition coefficient (Wildman–Crippen LogP) is 0.198. The number of carbonyl (C=O) groups excluding carboxylic acids is 1. The number of carbonyl (C=O) groups is 2. The van der Waals surface area contributed by atoms with Gasteiger partial charge in [0.05, 0.1) is 20.6 Å². The van der Waals surface area contributed by atoms with Gasteiger partial charge in [-0.25, -0.2) is 4.79 Å². The minimum atomic E-state index is -1.18. The molecule has 7 nitrogen and oxygen atoms in total. The zero-order valence-corrected chi connectivity index (χ0v) is 12.0. The highest BCUT2D eigenvalue weighted by molar-refractivity contribution is 5.84. The Hall–Kier alpha value is -2.28. The van der Waals surface area contributed by atoms with Crippen LogP contribution in [0.2, 0.25) is 0 Å². The van der Waals surface area contributed by atoms with Crippen LogP contribution in [0.5, 0.6) is 11.5 Å². The normalized spacial score (nSPS) is 11.6. The zero-order valence-electron chi connectivity index (χ0n) is 12.0. The largest absolute Gasteiger partial charge is 0.493 e. The number of rotatable bonds is 8. The molecule has 116 valence electrons. The molecule has 1 atom stereocenters. The molecule has 0 saturated carbocycles. The van der Waals surface area contributed by atoms with Crippen LogP contribution in [0.3, 0.4) is 0 Å². The van der Waals surface area contributed by atoms with Crippen molar-refractivity contribution in [2.45, 2.75) is 18.9 Å². The first-order valence-corrected chi connectivity index (χ1v) is 6.35. The number of carboxylic acid groups (broad SMARTS) is 1. The summed E-state index contributed by atoms with van der Waals surface area (Å²) in [6, 6.07) is 3.93. The summed E-state index contributed by atoms with van der Waals surface area (Å²) in [6.45, 7) is -0.312. The third kappa shape index (κ3) is 4.96. The molecule has 0 spiro atoms. The molecule has 0 aliphatic heterocycles. The Labute approximate surface area is 122 Å². The SMILES string of the molecule is COc1ccc(CC(=O)NC(CCO)C(=O)O)cc1OC. The average molecular weight is 297 g/mol. The lowest BCUT2D eigenvalue weighted by Gasteiger charge is -2.14. The number of aliphatic carboxylic acids is 1. The van der Waals surface area contributed by atoms with Crippen LogP contribution < -0.4 is 14.8 Å². The summed E-state index contributed by atoms with van der Waals surface area (Å²) in [5, 5.41) is 20.0. The summed E-state index contributed by atoms with van der Waals surface area (Å²) in [5.41, 5.74) is 0.665. The molecule has 1 amide bonds. The summed E-state index contributed by atoms with van der Waals surface area (Å²) in [4.78, 5) is 22.7. The molecule has 0 radical (unpaired) electrons. The van der Waals surface area contributed by atoms with E-state index in [2.05, 4.69) is 5.32 Å². The third-order valence-electron chi connectivity index (χ3n) is 2.86. The van der Waals surface area contributed by atoms with Crippen molar-refractivity contribution in [2.75, 3.05) is 20.8 Å². The van der Waals surface area contributed by atoms with E-state index in [1.165, 1.54) is 14.2 Å². The number of carboxylic acids is 1. The van der Waals surface area contributed by atoms with E-state index in [1.807, 2.05) is 0 Å². The summed E-state index contributed by atoms with van der Waals surface area (Å²) in [6.07, 6.45) is -0.0252. The molecule has 0 heterocycles.